The second-order valence-corrected chi connectivity index (χ2v) is 7.69. The Morgan fingerprint density at radius 3 is 2.41 bits per heavy atom. The fraction of sp³-hybridized carbons (Fsp3) is 0.308. The van der Waals surface area contributed by atoms with Crippen LogP contribution in [-0.4, -0.2) is 18.3 Å². The number of fused-ring (bicyclic) bond motifs is 2. The van der Waals surface area contributed by atoms with E-state index in [1.165, 1.54) is 28.3 Å². The van der Waals surface area contributed by atoms with Gasteiger partial charge >= 0.3 is 0 Å². The summed E-state index contributed by atoms with van der Waals surface area (Å²) >= 11 is 0. The van der Waals surface area contributed by atoms with E-state index in [0.29, 0.717) is 13.0 Å². The summed E-state index contributed by atoms with van der Waals surface area (Å²) in [6.07, 6.45) is 2.02. The molecule has 1 aliphatic carbocycles. The van der Waals surface area contributed by atoms with Gasteiger partial charge in [-0.1, -0.05) is 60.7 Å². The van der Waals surface area contributed by atoms with Crippen LogP contribution in [0.25, 0.3) is 0 Å². The molecule has 0 spiro atoms. The summed E-state index contributed by atoms with van der Waals surface area (Å²) < 4.78 is 18.4. The molecule has 0 aromatic heterocycles. The molecule has 3 aromatic carbocycles. The summed E-state index contributed by atoms with van der Waals surface area (Å²) in [4.78, 5) is 0. The van der Waals surface area contributed by atoms with Crippen molar-refractivity contribution in [3.63, 3.8) is 0 Å². The number of aliphatic hydroxyl groups excluding tert-OH is 1. The van der Waals surface area contributed by atoms with E-state index in [4.69, 9.17) is 4.74 Å². The molecule has 3 aromatic rings. The van der Waals surface area contributed by atoms with Gasteiger partial charge in [0, 0.05) is 7.11 Å². The lowest BCUT2D eigenvalue weighted by Crippen LogP contribution is -2.11. The maximum Gasteiger partial charge on any atom is 0.123 e. The van der Waals surface area contributed by atoms with Crippen molar-refractivity contribution in [3.8, 4) is 0 Å². The molecule has 29 heavy (non-hydrogen) atoms. The summed E-state index contributed by atoms with van der Waals surface area (Å²) in [6.45, 7) is 2.53. The first kappa shape index (κ1) is 21.2. The van der Waals surface area contributed by atoms with Gasteiger partial charge in [-0.05, 0) is 72.1 Å². The van der Waals surface area contributed by atoms with Crippen molar-refractivity contribution in [3.05, 3.63) is 106 Å². The van der Waals surface area contributed by atoms with Crippen LogP contribution in [0.1, 0.15) is 47.1 Å². The minimum absolute atomic E-state index is 0.175. The van der Waals surface area contributed by atoms with Gasteiger partial charge in [0.15, 0.2) is 0 Å². The van der Waals surface area contributed by atoms with E-state index >= 15 is 0 Å². The average Bonchev–Trinajstić information content (AvgIpc) is 2.85. The van der Waals surface area contributed by atoms with E-state index in [-0.39, 0.29) is 17.8 Å². The quantitative estimate of drug-likeness (QED) is 0.621. The Morgan fingerprint density at radius 1 is 0.966 bits per heavy atom. The molecule has 1 aliphatic rings. The molecule has 2 nitrogen and oxygen atoms in total. The van der Waals surface area contributed by atoms with Gasteiger partial charge in [-0.15, -0.1) is 0 Å². The first-order valence-corrected chi connectivity index (χ1v) is 10.1. The highest BCUT2D eigenvalue weighted by Crippen LogP contribution is 2.34. The van der Waals surface area contributed by atoms with Gasteiger partial charge in [0.05, 0.1) is 12.7 Å². The molecule has 2 atom stereocenters. The third-order valence-corrected chi connectivity index (χ3v) is 5.29. The molecule has 4 rings (SSSR count). The number of halogens is 1. The standard InChI is InChI=1S/C18H19FO.C8H10O/c1-12(20)8-16-10-15-11-17(19)7-6-13(15)9-14-4-2-3-5-18(14)16;1-9-7-8-5-3-2-4-6-8/h2-7,11-12,16,20H,8-10H2,1H3;2-6H,7H2,1H3/t12-,16?;/m0./s1. The fourth-order valence-corrected chi connectivity index (χ4v) is 3.99. The monoisotopic (exact) mass is 392 g/mol. The Balaban J connectivity index is 0.000000224. The Bertz CT molecular complexity index is 906. The molecule has 1 unspecified atom stereocenters. The first-order valence-electron chi connectivity index (χ1n) is 10.1. The van der Waals surface area contributed by atoms with Crippen LogP contribution in [0.15, 0.2) is 72.8 Å². The predicted octanol–water partition coefficient (Wildman–Crippen LogP) is 5.66. The predicted molar refractivity (Wildman–Crippen MR) is 116 cm³/mol. The van der Waals surface area contributed by atoms with E-state index in [9.17, 15) is 9.50 Å². The van der Waals surface area contributed by atoms with Gasteiger partial charge in [0.1, 0.15) is 5.82 Å². The molecular formula is C26H29FO2. The maximum absolute atomic E-state index is 13.5. The van der Waals surface area contributed by atoms with E-state index in [0.717, 1.165) is 18.4 Å². The number of benzene rings is 3. The van der Waals surface area contributed by atoms with Gasteiger partial charge in [-0.2, -0.15) is 0 Å². The number of rotatable bonds is 4. The molecule has 0 heterocycles. The van der Waals surface area contributed by atoms with E-state index < -0.39 is 0 Å². The van der Waals surface area contributed by atoms with E-state index in [2.05, 4.69) is 12.1 Å². The van der Waals surface area contributed by atoms with Crippen LogP contribution in [0.2, 0.25) is 0 Å². The maximum atomic E-state index is 13.5. The summed E-state index contributed by atoms with van der Waals surface area (Å²) in [5.74, 6) is 0.0831. The van der Waals surface area contributed by atoms with Crippen LogP contribution in [0.5, 0.6) is 0 Å². The Morgan fingerprint density at radius 2 is 1.69 bits per heavy atom. The van der Waals surface area contributed by atoms with Crippen LogP contribution in [0, 0.1) is 5.82 Å². The lowest BCUT2D eigenvalue weighted by atomic mass is 9.87. The van der Waals surface area contributed by atoms with Crippen LogP contribution in [0.3, 0.4) is 0 Å². The van der Waals surface area contributed by atoms with E-state index in [1.54, 1.807) is 13.2 Å². The summed E-state index contributed by atoms with van der Waals surface area (Å²) in [6, 6.07) is 23.6. The molecule has 0 saturated carbocycles. The number of hydrogen-bond acceptors (Lipinski definition) is 2. The molecule has 0 bridgehead atoms. The van der Waals surface area contributed by atoms with Gasteiger partial charge in [0.25, 0.3) is 0 Å². The Labute approximate surface area is 173 Å². The first-order chi connectivity index (χ1) is 14.1. The molecule has 0 saturated heterocycles. The highest BCUT2D eigenvalue weighted by atomic mass is 19.1. The number of methoxy groups -OCH3 is 1. The van der Waals surface area contributed by atoms with Crippen LogP contribution in [0.4, 0.5) is 4.39 Å². The second-order valence-electron chi connectivity index (χ2n) is 7.69. The van der Waals surface area contributed by atoms with Crippen LogP contribution in [-0.2, 0) is 24.2 Å². The van der Waals surface area contributed by atoms with Gasteiger partial charge in [0.2, 0.25) is 0 Å². The molecular weight excluding hydrogens is 363 g/mol. The van der Waals surface area contributed by atoms with Crippen LogP contribution >= 0.6 is 0 Å². The van der Waals surface area contributed by atoms with Crippen molar-refractivity contribution in [1.29, 1.82) is 0 Å². The zero-order valence-electron chi connectivity index (χ0n) is 17.1. The number of aliphatic hydroxyl groups is 1. The lowest BCUT2D eigenvalue weighted by Gasteiger charge is -2.19. The van der Waals surface area contributed by atoms with Crippen molar-refractivity contribution in [2.24, 2.45) is 0 Å². The smallest absolute Gasteiger partial charge is 0.123 e. The van der Waals surface area contributed by atoms with Crippen molar-refractivity contribution >= 4 is 0 Å². The third-order valence-electron chi connectivity index (χ3n) is 5.29. The van der Waals surface area contributed by atoms with Gasteiger partial charge in [-0.3, -0.25) is 0 Å². The highest BCUT2D eigenvalue weighted by Gasteiger charge is 2.23. The molecule has 1 N–H and O–H groups in total. The van der Waals surface area contributed by atoms with Crippen molar-refractivity contribution in [1.82, 2.24) is 0 Å². The molecule has 0 fully saturated rings. The number of ether oxygens (including phenoxy) is 1. The largest absolute Gasteiger partial charge is 0.393 e. The summed E-state index contributed by atoms with van der Waals surface area (Å²) in [5.41, 5.74) is 6.09. The second kappa shape index (κ2) is 10.3. The topological polar surface area (TPSA) is 29.5 Å². The average molecular weight is 393 g/mol. The van der Waals surface area contributed by atoms with Crippen molar-refractivity contribution < 1.29 is 14.2 Å². The molecule has 0 aliphatic heterocycles. The third kappa shape index (κ3) is 5.99. The Kier molecular flexibility index (Phi) is 7.56. The minimum Gasteiger partial charge on any atom is -0.393 e. The summed E-state index contributed by atoms with van der Waals surface area (Å²) in [7, 11) is 1.70. The summed E-state index contributed by atoms with van der Waals surface area (Å²) in [5, 5.41) is 9.75. The zero-order valence-corrected chi connectivity index (χ0v) is 17.1. The zero-order chi connectivity index (χ0) is 20.6. The van der Waals surface area contributed by atoms with E-state index in [1.807, 2.05) is 55.5 Å². The SMILES string of the molecule is COCc1ccccc1.C[C@H](O)CC1Cc2cc(F)ccc2Cc2ccccc21. The van der Waals surface area contributed by atoms with Crippen LogP contribution < -0.4 is 0 Å². The normalized spacial score (nSPS) is 15.9. The molecule has 3 heteroatoms. The highest BCUT2D eigenvalue weighted by molar-refractivity contribution is 5.42. The fourth-order valence-electron chi connectivity index (χ4n) is 3.99. The molecule has 0 amide bonds. The van der Waals surface area contributed by atoms with Crippen molar-refractivity contribution in [2.75, 3.05) is 7.11 Å². The number of hydrogen-bond donors (Lipinski definition) is 1. The van der Waals surface area contributed by atoms with Gasteiger partial charge < -0.3 is 9.84 Å². The molecule has 0 radical (unpaired) electrons. The van der Waals surface area contributed by atoms with Crippen molar-refractivity contribution in [2.45, 2.75) is 44.8 Å². The minimum atomic E-state index is -0.344. The lowest BCUT2D eigenvalue weighted by molar-refractivity contribution is 0.174. The molecule has 152 valence electrons. The van der Waals surface area contributed by atoms with Gasteiger partial charge in [-0.25, -0.2) is 4.39 Å². The Hall–Kier alpha value is -2.49.